The maximum atomic E-state index is 4.69. The Bertz CT molecular complexity index is 1130. The lowest BCUT2D eigenvalue weighted by molar-refractivity contribution is 0.249. The van der Waals surface area contributed by atoms with Crippen molar-refractivity contribution in [3.63, 3.8) is 0 Å². The number of hydrogen-bond donors (Lipinski definition) is 0. The molecule has 1 fully saturated rings. The summed E-state index contributed by atoms with van der Waals surface area (Å²) in [6.07, 6.45) is 10.7. The number of aromatic nitrogens is 5. The van der Waals surface area contributed by atoms with Crippen molar-refractivity contribution in [1.29, 1.82) is 0 Å². The van der Waals surface area contributed by atoms with E-state index in [1.165, 1.54) is 11.1 Å². The Labute approximate surface area is 176 Å². The van der Waals surface area contributed by atoms with Crippen molar-refractivity contribution in [2.24, 2.45) is 7.05 Å². The van der Waals surface area contributed by atoms with E-state index in [2.05, 4.69) is 55.5 Å². The van der Waals surface area contributed by atoms with E-state index >= 15 is 0 Å². The van der Waals surface area contributed by atoms with Gasteiger partial charge in [0.05, 0.1) is 18.1 Å². The normalized spacial score (nSPS) is 15.2. The van der Waals surface area contributed by atoms with Gasteiger partial charge in [-0.25, -0.2) is 9.97 Å². The Morgan fingerprint density at radius 2 is 1.70 bits per heavy atom. The number of piperazine rings is 1. The van der Waals surface area contributed by atoms with Crippen molar-refractivity contribution in [1.82, 2.24) is 29.0 Å². The zero-order chi connectivity index (χ0) is 20.5. The molecule has 5 rings (SSSR count). The molecule has 0 unspecified atom stereocenters. The summed E-state index contributed by atoms with van der Waals surface area (Å²) >= 11 is 0. The molecule has 1 aliphatic rings. The average Bonchev–Trinajstić information content (AvgIpc) is 3.41. The summed E-state index contributed by atoms with van der Waals surface area (Å²) in [5.74, 6) is 0.958. The molecule has 0 bridgehead atoms. The number of benzene rings is 1. The first-order chi connectivity index (χ1) is 14.7. The van der Waals surface area contributed by atoms with Gasteiger partial charge in [-0.15, -0.1) is 0 Å². The SMILES string of the molecule is CCc1ccc(CN2CCN(c3nccn4c(-c5cnn(C)c5)cnc34)CC2)cc1. The first kappa shape index (κ1) is 18.8. The van der Waals surface area contributed by atoms with E-state index < -0.39 is 0 Å². The van der Waals surface area contributed by atoms with E-state index in [4.69, 9.17) is 4.98 Å². The number of nitrogens with zero attached hydrogens (tertiary/aromatic N) is 7. The van der Waals surface area contributed by atoms with Gasteiger partial charge in [-0.1, -0.05) is 31.2 Å². The predicted octanol–water partition coefficient (Wildman–Crippen LogP) is 3.01. The molecule has 0 radical (unpaired) electrons. The van der Waals surface area contributed by atoms with Gasteiger partial charge in [-0.3, -0.25) is 14.0 Å². The van der Waals surface area contributed by atoms with Crippen LogP contribution in [0.15, 0.2) is 55.2 Å². The molecule has 3 aromatic heterocycles. The van der Waals surface area contributed by atoms with Crippen LogP contribution >= 0.6 is 0 Å². The zero-order valence-electron chi connectivity index (χ0n) is 17.6. The highest BCUT2D eigenvalue weighted by atomic mass is 15.3. The molecule has 1 aliphatic heterocycles. The van der Waals surface area contributed by atoms with E-state index in [0.29, 0.717) is 0 Å². The molecular weight excluding hydrogens is 374 g/mol. The maximum absolute atomic E-state index is 4.69. The number of anilines is 1. The van der Waals surface area contributed by atoms with E-state index in [9.17, 15) is 0 Å². The molecule has 7 heteroatoms. The van der Waals surface area contributed by atoms with Crippen LogP contribution in [0.25, 0.3) is 16.9 Å². The summed E-state index contributed by atoms with van der Waals surface area (Å²) in [5, 5.41) is 4.29. The van der Waals surface area contributed by atoms with Crippen LogP contribution in [0.2, 0.25) is 0 Å². The minimum atomic E-state index is 0.903. The van der Waals surface area contributed by atoms with Crippen molar-refractivity contribution in [2.45, 2.75) is 19.9 Å². The van der Waals surface area contributed by atoms with E-state index in [1.54, 1.807) is 0 Å². The molecule has 4 aromatic rings. The Kier molecular flexibility index (Phi) is 4.96. The lowest BCUT2D eigenvalue weighted by atomic mass is 10.1. The van der Waals surface area contributed by atoms with Gasteiger partial charge in [0.15, 0.2) is 11.5 Å². The highest BCUT2D eigenvalue weighted by Gasteiger charge is 2.21. The predicted molar refractivity (Wildman–Crippen MR) is 118 cm³/mol. The summed E-state index contributed by atoms with van der Waals surface area (Å²) < 4.78 is 3.92. The Morgan fingerprint density at radius 3 is 2.40 bits per heavy atom. The first-order valence-corrected chi connectivity index (χ1v) is 10.6. The van der Waals surface area contributed by atoms with E-state index in [0.717, 1.165) is 61.9 Å². The van der Waals surface area contributed by atoms with E-state index in [1.807, 2.05) is 42.7 Å². The van der Waals surface area contributed by atoms with Gasteiger partial charge in [0.25, 0.3) is 0 Å². The molecule has 7 nitrogen and oxygen atoms in total. The first-order valence-electron chi connectivity index (χ1n) is 10.6. The van der Waals surface area contributed by atoms with Gasteiger partial charge in [0.1, 0.15) is 0 Å². The minimum Gasteiger partial charge on any atom is -0.351 e. The Balaban J connectivity index is 1.30. The number of rotatable bonds is 5. The lowest BCUT2D eigenvalue weighted by Gasteiger charge is -2.35. The second kappa shape index (κ2) is 7.91. The van der Waals surface area contributed by atoms with Gasteiger partial charge in [0, 0.05) is 63.9 Å². The third-order valence-corrected chi connectivity index (χ3v) is 5.92. The van der Waals surface area contributed by atoms with Crippen molar-refractivity contribution < 1.29 is 0 Å². The van der Waals surface area contributed by atoms with Crippen molar-refractivity contribution in [2.75, 3.05) is 31.1 Å². The van der Waals surface area contributed by atoms with Crippen LogP contribution in [0.3, 0.4) is 0 Å². The fraction of sp³-hybridized carbons (Fsp3) is 0.348. The smallest absolute Gasteiger partial charge is 0.180 e. The van der Waals surface area contributed by atoms with Crippen LogP contribution in [-0.4, -0.2) is 55.2 Å². The lowest BCUT2D eigenvalue weighted by Crippen LogP contribution is -2.46. The Morgan fingerprint density at radius 1 is 0.933 bits per heavy atom. The highest BCUT2D eigenvalue weighted by molar-refractivity contribution is 5.70. The fourth-order valence-corrected chi connectivity index (χ4v) is 4.15. The molecule has 0 saturated carbocycles. The minimum absolute atomic E-state index is 0.903. The van der Waals surface area contributed by atoms with Gasteiger partial charge >= 0.3 is 0 Å². The molecular formula is C23H27N7. The van der Waals surface area contributed by atoms with Gasteiger partial charge < -0.3 is 4.90 Å². The molecule has 0 spiro atoms. The summed E-state index contributed by atoms with van der Waals surface area (Å²) in [6, 6.07) is 9.01. The third-order valence-electron chi connectivity index (χ3n) is 5.92. The summed E-state index contributed by atoms with van der Waals surface area (Å²) in [7, 11) is 1.93. The van der Waals surface area contributed by atoms with Crippen LogP contribution in [0.5, 0.6) is 0 Å². The second-order valence-corrected chi connectivity index (χ2v) is 7.92. The summed E-state index contributed by atoms with van der Waals surface area (Å²) in [6.45, 7) is 7.15. The molecule has 0 atom stereocenters. The number of fused-ring (bicyclic) bond motifs is 1. The number of aryl methyl sites for hydroxylation is 2. The van der Waals surface area contributed by atoms with Crippen LogP contribution in [0.4, 0.5) is 5.82 Å². The molecule has 0 N–H and O–H groups in total. The maximum Gasteiger partial charge on any atom is 0.180 e. The fourth-order valence-electron chi connectivity index (χ4n) is 4.15. The molecule has 1 saturated heterocycles. The molecule has 0 aliphatic carbocycles. The van der Waals surface area contributed by atoms with Crippen molar-refractivity contribution in [3.05, 3.63) is 66.4 Å². The summed E-state index contributed by atoms with van der Waals surface area (Å²) in [4.78, 5) is 14.2. The molecule has 30 heavy (non-hydrogen) atoms. The second-order valence-electron chi connectivity index (χ2n) is 7.92. The zero-order valence-corrected chi connectivity index (χ0v) is 17.6. The average molecular weight is 402 g/mol. The monoisotopic (exact) mass is 401 g/mol. The van der Waals surface area contributed by atoms with Crippen LogP contribution in [0.1, 0.15) is 18.1 Å². The molecule has 154 valence electrons. The van der Waals surface area contributed by atoms with Gasteiger partial charge in [-0.05, 0) is 17.5 Å². The topological polar surface area (TPSA) is 54.5 Å². The standard InChI is InChI=1S/C23H27N7/c1-3-18-4-6-19(7-5-18)16-28-10-12-29(13-11-28)22-23-25-15-21(30(23)9-8-24-22)20-14-26-27(2)17-20/h4-9,14-15,17H,3,10-13,16H2,1-2H3. The quantitative estimate of drug-likeness (QED) is 0.515. The van der Waals surface area contributed by atoms with Crippen molar-refractivity contribution in [3.8, 4) is 11.3 Å². The van der Waals surface area contributed by atoms with Gasteiger partial charge in [-0.2, -0.15) is 5.10 Å². The van der Waals surface area contributed by atoms with Crippen molar-refractivity contribution >= 4 is 11.5 Å². The highest BCUT2D eigenvalue weighted by Crippen LogP contribution is 2.25. The number of hydrogen-bond acceptors (Lipinski definition) is 5. The summed E-state index contributed by atoms with van der Waals surface area (Å²) in [5.41, 5.74) is 5.78. The van der Waals surface area contributed by atoms with Crippen LogP contribution in [-0.2, 0) is 20.0 Å². The third kappa shape index (κ3) is 3.57. The van der Waals surface area contributed by atoms with E-state index in [-0.39, 0.29) is 0 Å². The van der Waals surface area contributed by atoms with Crippen LogP contribution in [0, 0.1) is 0 Å². The Hall–Kier alpha value is -3.19. The molecule has 1 aromatic carbocycles. The molecule has 4 heterocycles. The number of imidazole rings is 1. The molecule has 0 amide bonds. The van der Waals surface area contributed by atoms with Gasteiger partial charge in [0.2, 0.25) is 0 Å². The van der Waals surface area contributed by atoms with Crippen LogP contribution < -0.4 is 4.90 Å². The largest absolute Gasteiger partial charge is 0.351 e.